The molecule has 1 aliphatic rings. The minimum atomic E-state index is -0.593. The highest BCUT2D eigenvalue weighted by atomic mass is 16.2. The SMILES string of the molecule is O=c1[nH]nc(NN2CCCCC2)c(=O)[nH]1. The van der Waals surface area contributed by atoms with Gasteiger partial charge in [-0.15, -0.1) is 5.10 Å². The second-order valence-electron chi connectivity index (χ2n) is 3.51. The summed E-state index contributed by atoms with van der Waals surface area (Å²) in [6.45, 7) is 1.78. The molecule has 15 heavy (non-hydrogen) atoms. The van der Waals surface area contributed by atoms with Crippen LogP contribution in [-0.4, -0.2) is 33.3 Å². The van der Waals surface area contributed by atoms with Crippen molar-refractivity contribution in [2.24, 2.45) is 0 Å². The van der Waals surface area contributed by atoms with E-state index in [1.54, 1.807) is 0 Å². The van der Waals surface area contributed by atoms with Gasteiger partial charge in [-0.2, -0.15) is 0 Å². The molecule has 7 heteroatoms. The molecule has 1 fully saturated rings. The van der Waals surface area contributed by atoms with E-state index in [4.69, 9.17) is 0 Å². The van der Waals surface area contributed by atoms with Crippen molar-refractivity contribution in [3.05, 3.63) is 20.8 Å². The molecule has 0 aliphatic carbocycles. The third-order valence-electron chi connectivity index (χ3n) is 2.33. The summed E-state index contributed by atoms with van der Waals surface area (Å²) in [5, 5.41) is 7.75. The smallest absolute Gasteiger partial charge is 0.297 e. The molecule has 0 bridgehead atoms. The number of hydrazine groups is 1. The summed E-state index contributed by atoms with van der Waals surface area (Å²) >= 11 is 0. The normalized spacial score (nSPS) is 17.6. The van der Waals surface area contributed by atoms with Crippen molar-refractivity contribution >= 4 is 5.82 Å². The van der Waals surface area contributed by atoms with Gasteiger partial charge < -0.3 is 0 Å². The van der Waals surface area contributed by atoms with E-state index in [-0.39, 0.29) is 5.82 Å². The van der Waals surface area contributed by atoms with Crippen LogP contribution in [0.2, 0.25) is 0 Å². The molecule has 0 radical (unpaired) electrons. The summed E-state index contributed by atoms with van der Waals surface area (Å²) in [5.74, 6) is 0.136. The Labute approximate surface area is 85.5 Å². The van der Waals surface area contributed by atoms with Crippen LogP contribution in [0.15, 0.2) is 9.59 Å². The lowest BCUT2D eigenvalue weighted by atomic mass is 10.2. The molecular weight excluding hydrogens is 198 g/mol. The molecular formula is C8H13N5O2. The molecule has 82 valence electrons. The molecule has 1 aromatic heterocycles. The Morgan fingerprint density at radius 2 is 1.93 bits per heavy atom. The van der Waals surface area contributed by atoms with Crippen LogP contribution in [0.25, 0.3) is 0 Å². The molecule has 1 saturated heterocycles. The number of hydrogen-bond acceptors (Lipinski definition) is 5. The average molecular weight is 211 g/mol. The van der Waals surface area contributed by atoms with Crippen LogP contribution in [0.4, 0.5) is 5.82 Å². The molecule has 2 heterocycles. The Morgan fingerprint density at radius 3 is 2.60 bits per heavy atom. The fraction of sp³-hybridized carbons (Fsp3) is 0.625. The number of piperidine rings is 1. The van der Waals surface area contributed by atoms with E-state index in [0.29, 0.717) is 0 Å². The lowest BCUT2D eigenvalue weighted by Crippen LogP contribution is -2.38. The van der Waals surface area contributed by atoms with Gasteiger partial charge in [0, 0.05) is 13.1 Å². The van der Waals surface area contributed by atoms with Crippen molar-refractivity contribution in [3.63, 3.8) is 0 Å². The second-order valence-corrected chi connectivity index (χ2v) is 3.51. The summed E-state index contributed by atoms with van der Waals surface area (Å²) in [7, 11) is 0. The van der Waals surface area contributed by atoms with E-state index >= 15 is 0 Å². The molecule has 2 rings (SSSR count). The van der Waals surface area contributed by atoms with Gasteiger partial charge in [0.05, 0.1) is 0 Å². The molecule has 1 aliphatic heterocycles. The monoisotopic (exact) mass is 211 g/mol. The van der Waals surface area contributed by atoms with Gasteiger partial charge in [0.15, 0.2) is 0 Å². The van der Waals surface area contributed by atoms with Crippen LogP contribution in [0.3, 0.4) is 0 Å². The molecule has 7 nitrogen and oxygen atoms in total. The van der Waals surface area contributed by atoms with Crippen molar-refractivity contribution in [1.82, 2.24) is 20.2 Å². The van der Waals surface area contributed by atoms with E-state index < -0.39 is 11.2 Å². The minimum Gasteiger partial charge on any atom is -0.297 e. The maximum Gasteiger partial charge on any atom is 0.342 e. The number of aromatic amines is 2. The molecule has 0 atom stereocenters. The molecule has 0 spiro atoms. The minimum absolute atomic E-state index is 0.136. The molecule has 1 aromatic rings. The van der Waals surface area contributed by atoms with Crippen LogP contribution < -0.4 is 16.7 Å². The predicted octanol–water partition coefficient (Wildman–Crippen LogP) is -0.729. The van der Waals surface area contributed by atoms with Gasteiger partial charge in [-0.05, 0) is 12.8 Å². The lowest BCUT2D eigenvalue weighted by molar-refractivity contribution is 0.271. The third-order valence-corrected chi connectivity index (χ3v) is 2.33. The summed E-state index contributed by atoms with van der Waals surface area (Å²) in [6, 6.07) is 0. The van der Waals surface area contributed by atoms with Crippen molar-refractivity contribution in [3.8, 4) is 0 Å². The maximum absolute atomic E-state index is 11.3. The highest BCUT2D eigenvalue weighted by Gasteiger charge is 2.11. The quantitative estimate of drug-likeness (QED) is 0.599. The number of rotatable bonds is 2. The van der Waals surface area contributed by atoms with E-state index in [9.17, 15) is 9.59 Å². The van der Waals surface area contributed by atoms with Crippen LogP contribution in [-0.2, 0) is 0 Å². The van der Waals surface area contributed by atoms with E-state index in [1.807, 2.05) is 5.01 Å². The number of H-pyrrole nitrogens is 2. The fourth-order valence-electron chi connectivity index (χ4n) is 1.58. The first-order chi connectivity index (χ1) is 7.25. The van der Waals surface area contributed by atoms with Gasteiger partial charge in [-0.1, -0.05) is 6.42 Å². The Bertz CT molecular complexity index is 431. The highest BCUT2D eigenvalue weighted by Crippen LogP contribution is 2.07. The Morgan fingerprint density at radius 1 is 1.20 bits per heavy atom. The number of aromatic nitrogens is 3. The van der Waals surface area contributed by atoms with Gasteiger partial charge in [0.25, 0.3) is 5.56 Å². The Balaban J connectivity index is 2.09. The van der Waals surface area contributed by atoms with Crippen LogP contribution in [0, 0.1) is 0 Å². The number of nitrogens with one attached hydrogen (secondary N) is 3. The maximum atomic E-state index is 11.3. The molecule has 3 N–H and O–H groups in total. The highest BCUT2D eigenvalue weighted by molar-refractivity contribution is 5.27. The van der Waals surface area contributed by atoms with E-state index in [1.165, 1.54) is 6.42 Å². The van der Waals surface area contributed by atoms with Crippen LogP contribution >= 0.6 is 0 Å². The van der Waals surface area contributed by atoms with E-state index in [0.717, 1.165) is 25.9 Å². The largest absolute Gasteiger partial charge is 0.342 e. The zero-order valence-corrected chi connectivity index (χ0v) is 8.25. The van der Waals surface area contributed by atoms with Gasteiger partial charge in [0.2, 0.25) is 5.82 Å². The zero-order valence-electron chi connectivity index (χ0n) is 8.25. The summed E-state index contributed by atoms with van der Waals surface area (Å²) in [5.41, 5.74) is 1.80. The van der Waals surface area contributed by atoms with Gasteiger partial charge >= 0.3 is 5.69 Å². The second kappa shape index (κ2) is 4.26. The first-order valence-electron chi connectivity index (χ1n) is 4.96. The van der Waals surface area contributed by atoms with Gasteiger partial charge in [0.1, 0.15) is 0 Å². The van der Waals surface area contributed by atoms with Gasteiger partial charge in [-0.25, -0.2) is 14.9 Å². The van der Waals surface area contributed by atoms with Crippen molar-refractivity contribution in [1.29, 1.82) is 0 Å². The first kappa shape index (κ1) is 9.91. The number of nitrogens with zero attached hydrogens (tertiary/aromatic N) is 2. The van der Waals surface area contributed by atoms with Crippen LogP contribution in [0.5, 0.6) is 0 Å². The van der Waals surface area contributed by atoms with Crippen molar-refractivity contribution < 1.29 is 0 Å². The molecule has 0 aromatic carbocycles. The summed E-state index contributed by atoms with van der Waals surface area (Å²) < 4.78 is 0. The third kappa shape index (κ3) is 2.44. The predicted molar refractivity (Wildman–Crippen MR) is 54.5 cm³/mol. The first-order valence-corrected chi connectivity index (χ1v) is 4.96. The van der Waals surface area contributed by atoms with Gasteiger partial charge in [-0.3, -0.25) is 15.2 Å². The fourth-order valence-corrected chi connectivity index (χ4v) is 1.58. The Kier molecular flexibility index (Phi) is 2.82. The molecule has 0 amide bonds. The summed E-state index contributed by atoms with van der Waals surface area (Å²) in [4.78, 5) is 24.1. The van der Waals surface area contributed by atoms with Crippen molar-refractivity contribution in [2.45, 2.75) is 19.3 Å². The molecule has 0 unspecified atom stereocenters. The summed E-state index contributed by atoms with van der Waals surface area (Å²) in [6.07, 6.45) is 3.43. The zero-order chi connectivity index (χ0) is 10.7. The van der Waals surface area contributed by atoms with E-state index in [2.05, 4.69) is 20.6 Å². The van der Waals surface area contributed by atoms with Crippen molar-refractivity contribution in [2.75, 3.05) is 18.5 Å². The van der Waals surface area contributed by atoms with Crippen LogP contribution in [0.1, 0.15) is 19.3 Å². The Hall–Kier alpha value is -1.63. The standard InChI is InChI=1S/C8H13N5O2/c14-7-6(10-11-8(15)9-7)12-13-4-2-1-3-5-13/h1-5H2,(H,10,12)(H2,9,11,14,15). The topological polar surface area (TPSA) is 93.9 Å². The lowest BCUT2D eigenvalue weighted by Gasteiger charge is -2.26. The number of anilines is 1. The molecule has 0 saturated carbocycles. The average Bonchev–Trinajstić information content (AvgIpc) is 2.24. The number of hydrogen-bond donors (Lipinski definition) is 3.